The number of pyridine rings is 1. The molecule has 5 nitrogen and oxygen atoms in total. The Balaban J connectivity index is 2.86. The van der Waals surface area contributed by atoms with Crippen molar-refractivity contribution in [1.29, 1.82) is 0 Å². The molecule has 0 radical (unpaired) electrons. The second-order valence-corrected chi connectivity index (χ2v) is 5.66. The van der Waals surface area contributed by atoms with Crippen molar-refractivity contribution in [1.82, 2.24) is 9.88 Å². The molecule has 0 aromatic carbocycles. The Bertz CT molecular complexity index is 536. The van der Waals surface area contributed by atoms with E-state index in [-0.39, 0.29) is 6.04 Å². The standard InChI is InChI=1S/C18H29N5/c1-15-8-7-10-22-18(15)14-23(13-6-5-9-19)17(3)16(2)21-12-11-20-4/h7-8,10-12,17H,4-6,9,13-14,19H2,1-3H3/b12-11-,21-16?. The second-order valence-electron chi connectivity index (χ2n) is 5.66. The molecule has 1 rings (SSSR count). The van der Waals surface area contributed by atoms with Crippen molar-refractivity contribution in [2.75, 3.05) is 13.1 Å². The molecule has 126 valence electrons. The fraction of sp³-hybridized carbons (Fsp3) is 0.500. The van der Waals surface area contributed by atoms with Crippen LogP contribution in [0.25, 0.3) is 0 Å². The lowest BCUT2D eigenvalue weighted by Gasteiger charge is -2.29. The monoisotopic (exact) mass is 315 g/mol. The molecule has 23 heavy (non-hydrogen) atoms. The lowest BCUT2D eigenvalue weighted by Crippen LogP contribution is -2.38. The molecule has 0 bridgehead atoms. The summed E-state index contributed by atoms with van der Waals surface area (Å²) in [5.41, 5.74) is 9.01. The van der Waals surface area contributed by atoms with Gasteiger partial charge in [0.2, 0.25) is 0 Å². The fourth-order valence-electron chi connectivity index (χ4n) is 2.32. The van der Waals surface area contributed by atoms with Gasteiger partial charge in [0.1, 0.15) is 0 Å². The van der Waals surface area contributed by atoms with Gasteiger partial charge >= 0.3 is 0 Å². The molecule has 2 N–H and O–H groups in total. The van der Waals surface area contributed by atoms with Gasteiger partial charge in [0.25, 0.3) is 0 Å². The van der Waals surface area contributed by atoms with Gasteiger partial charge in [-0.15, -0.1) is 0 Å². The lowest BCUT2D eigenvalue weighted by atomic mass is 10.1. The molecule has 1 atom stereocenters. The summed E-state index contributed by atoms with van der Waals surface area (Å²) < 4.78 is 0. The Labute approximate surface area is 140 Å². The van der Waals surface area contributed by atoms with Crippen molar-refractivity contribution in [3.8, 4) is 0 Å². The van der Waals surface area contributed by atoms with Crippen LogP contribution in [0.3, 0.4) is 0 Å². The molecule has 0 saturated heterocycles. The average Bonchev–Trinajstić information content (AvgIpc) is 2.55. The number of aromatic nitrogens is 1. The molecule has 0 aliphatic carbocycles. The van der Waals surface area contributed by atoms with Crippen molar-refractivity contribution < 1.29 is 0 Å². The van der Waals surface area contributed by atoms with E-state index in [0.29, 0.717) is 0 Å². The maximum atomic E-state index is 5.63. The van der Waals surface area contributed by atoms with Gasteiger partial charge in [0.15, 0.2) is 0 Å². The molecular weight excluding hydrogens is 286 g/mol. The Morgan fingerprint density at radius 1 is 1.43 bits per heavy atom. The van der Waals surface area contributed by atoms with Crippen LogP contribution in [0.5, 0.6) is 0 Å². The van der Waals surface area contributed by atoms with E-state index in [0.717, 1.165) is 43.9 Å². The van der Waals surface area contributed by atoms with E-state index in [1.165, 1.54) is 5.56 Å². The summed E-state index contributed by atoms with van der Waals surface area (Å²) in [7, 11) is 0. The van der Waals surface area contributed by atoms with Crippen molar-refractivity contribution in [3.63, 3.8) is 0 Å². The first-order valence-electron chi connectivity index (χ1n) is 8.10. The third-order valence-corrected chi connectivity index (χ3v) is 3.97. The smallest absolute Gasteiger partial charge is 0.0573 e. The highest BCUT2D eigenvalue weighted by Crippen LogP contribution is 2.12. The zero-order valence-electron chi connectivity index (χ0n) is 14.6. The fourth-order valence-corrected chi connectivity index (χ4v) is 2.32. The molecule has 0 fully saturated rings. The van der Waals surface area contributed by atoms with E-state index >= 15 is 0 Å². The van der Waals surface area contributed by atoms with Crippen molar-refractivity contribution in [2.45, 2.75) is 46.2 Å². The number of aliphatic imine (C=N–C) groups is 2. The molecule has 5 heteroatoms. The van der Waals surface area contributed by atoms with Crippen molar-refractivity contribution in [2.24, 2.45) is 15.7 Å². The first-order valence-corrected chi connectivity index (χ1v) is 8.10. The highest BCUT2D eigenvalue weighted by atomic mass is 15.2. The molecule has 0 spiro atoms. The van der Waals surface area contributed by atoms with Crippen molar-refractivity contribution in [3.05, 3.63) is 42.0 Å². The normalized spacial score (nSPS) is 13.7. The van der Waals surface area contributed by atoms with Crippen LogP contribution in [0, 0.1) is 6.92 Å². The van der Waals surface area contributed by atoms with Gasteiger partial charge in [-0.2, -0.15) is 0 Å². The third kappa shape index (κ3) is 6.84. The van der Waals surface area contributed by atoms with Crippen LogP contribution in [0.15, 0.2) is 40.7 Å². The minimum absolute atomic E-state index is 0.226. The van der Waals surface area contributed by atoms with E-state index < -0.39 is 0 Å². The molecule has 1 unspecified atom stereocenters. The Hall–Kier alpha value is -1.85. The van der Waals surface area contributed by atoms with E-state index in [2.05, 4.69) is 46.5 Å². The molecule has 0 aliphatic rings. The first kappa shape index (κ1) is 19.2. The predicted molar refractivity (Wildman–Crippen MR) is 98.9 cm³/mol. The Morgan fingerprint density at radius 3 is 2.87 bits per heavy atom. The van der Waals surface area contributed by atoms with Crippen LogP contribution in [0.4, 0.5) is 0 Å². The van der Waals surface area contributed by atoms with Crippen LogP contribution in [0.1, 0.15) is 37.9 Å². The summed E-state index contributed by atoms with van der Waals surface area (Å²) in [6.45, 7) is 12.3. The summed E-state index contributed by atoms with van der Waals surface area (Å²) in [6.07, 6.45) is 7.23. The van der Waals surface area contributed by atoms with Crippen LogP contribution >= 0.6 is 0 Å². The number of rotatable bonds is 10. The van der Waals surface area contributed by atoms with Crippen LogP contribution in [-0.2, 0) is 6.54 Å². The Morgan fingerprint density at radius 2 is 2.22 bits per heavy atom. The zero-order valence-corrected chi connectivity index (χ0v) is 14.6. The lowest BCUT2D eigenvalue weighted by molar-refractivity contribution is 0.236. The van der Waals surface area contributed by atoms with Crippen LogP contribution in [0.2, 0.25) is 0 Å². The van der Waals surface area contributed by atoms with Gasteiger partial charge in [-0.1, -0.05) is 6.07 Å². The van der Waals surface area contributed by atoms with Crippen LogP contribution < -0.4 is 5.73 Å². The number of nitrogens with two attached hydrogens (primary N) is 1. The van der Waals surface area contributed by atoms with Gasteiger partial charge in [0, 0.05) is 36.9 Å². The number of unbranched alkanes of at least 4 members (excludes halogenated alkanes) is 1. The summed E-state index contributed by atoms with van der Waals surface area (Å²) >= 11 is 0. The third-order valence-electron chi connectivity index (χ3n) is 3.97. The largest absolute Gasteiger partial charge is 0.330 e. The molecule has 0 saturated carbocycles. The number of aryl methyl sites for hydroxylation is 1. The van der Waals surface area contributed by atoms with Gasteiger partial charge in [-0.3, -0.25) is 19.9 Å². The van der Waals surface area contributed by atoms with Gasteiger partial charge in [-0.25, -0.2) is 0 Å². The summed E-state index contributed by atoms with van der Waals surface area (Å²) in [5.74, 6) is 0. The quantitative estimate of drug-likeness (QED) is 0.533. The molecular formula is C18H29N5. The van der Waals surface area contributed by atoms with Crippen molar-refractivity contribution >= 4 is 12.4 Å². The summed E-state index contributed by atoms with van der Waals surface area (Å²) in [6, 6.07) is 4.30. The minimum Gasteiger partial charge on any atom is -0.330 e. The number of hydrogen-bond donors (Lipinski definition) is 1. The zero-order chi connectivity index (χ0) is 17.1. The molecule has 1 aromatic rings. The van der Waals surface area contributed by atoms with E-state index in [4.69, 9.17) is 5.73 Å². The van der Waals surface area contributed by atoms with E-state index in [1.54, 1.807) is 12.4 Å². The molecule has 0 aliphatic heterocycles. The van der Waals surface area contributed by atoms with Gasteiger partial charge in [0.05, 0.1) is 5.69 Å². The maximum Gasteiger partial charge on any atom is 0.0573 e. The first-order chi connectivity index (χ1) is 11.1. The minimum atomic E-state index is 0.226. The second kappa shape index (κ2) is 10.8. The number of nitrogens with zero attached hydrogens (tertiary/aromatic N) is 4. The van der Waals surface area contributed by atoms with Gasteiger partial charge < -0.3 is 5.73 Å². The van der Waals surface area contributed by atoms with Gasteiger partial charge in [-0.05, 0) is 65.0 Å². The average molecular weight is 315 g/mol. The molecule has 1 heterocycles. The Kier molecular flexibility index (Phi) is 9.02. The summed E-state index contributed by atoms with van der Waals surface area (Å²) in [4.78, 5) is 15.0. The molecule has 0 amide bonds. The topological polar surface area (TPSA) is 66.9 Å². The van der Waals surface area contributed by atoms with E-state index in [9.17, 15) is 0 Å². The SMILES string of the molecule is C=N/C=C\N=C(C)C(C)N(CCCCN)Cc1ncccc1C. The maximum absolute atomic E-state index is 5.63. The number of hydrogen-bond acceptors (Lipinski definition) is 5. The van der Waals surface area contributed by atoms with Crippen LogP contribution in [-0.4, -0.2) is 41.4 Å². The molecule has 1 aromatic heterocycles. The van der Waals surface area contributed by atoms with E-state index in [1.807, 2.05) is 19.2 Å². The predicted octanol–water partition coefficient (Wildman–Crippen LogP) is 2.95. The summed E-state index contributed by atoms with van der Waals surface area (Å²) in [5, 5.41) is 0. The highest BCUT2D eigenvalue weighted by molar-refractivity contribution is 5.87. The highest BCUT2D eigenvalue weighted by Gasteiger charge is 2.17.